The van der Waals surface area contributed by atoms with Crippen LogP contribution >= 0.6 is 0 Å². The molecule has 3 aliphatic heterocycles. The Hall–Kier alpha value is -3.04. The Kier molecular flexibility index (Phi) is 7.48. The number of piperidine rings is 2. The minimum atomic E-state index is -0.0449. The molecule has 5 rings (SSSR count). The SMILES string of the molecule is COc1cc(NC2CC(CO)NN2)nc(N(C)C2C[C@H]3CCC[C@@H](C2)N3Cc2cncc(C#N)c2)n1. The maximum atomic E-state index is 9.38. The van der Waals surface area contributed by atoms with Gasteiger partial charge in [-0.05, 0) is 37.3 Å². The molecule has 11 heteroatoms. The highest BCUT2D eigenvalue weighted by atomic mass is 16.5. The van der Waals surface area contributed by atoms with E-state index in [1.54, 1.807) is 19.4 Å². The highest BCUT2D eigenvalue weighted by Crippen LogP contribution is 2.37. The molecule has 0 aliphatic carbocycles. The van der Waals surface area contributed by atoms with Crippen LogP contribution in [0.25, 0.3) is 0 Å². The second-order valence-corrected chi connectivity index (χ2v) is 10.0. The molecule has 2 aromatic rings. The van der Waals surface area contributed by atoms with Crippen LogP contribution in [-0.4, -0.2) is 76.1 Å². The van der Waals surface area contributed by atoms with Crippen molar-refractivity contribution < 1.29 is 9.84 Å². The van der Waals surface area contributed by atoms with Crippen molar-refractivity contribution in [2.75, 3.05) is 31.0 Å². The molecule has 0 amide bonds. The molecule has 0 aromatic carbocycles. The third kappa shape index (κ3) is 5.37. The number of pyridine rings is 1. The Balaban J connectivity index is 1.29. The number of methoxy groups -OCH3 is 1. The Morgan fingerprint density at radius 3 is 2.69 bits per heavy atom. The van der Waals surface area contributed by atoms with Gasteiger partial charge in [-0.1, -0.05) is 6.42 Å². The number of aliphatic hydroxyl groups excluding tert-OH is 1. The van der Waals surface area contributed by atoms with Gasteiger partial charge in [0, 0.05) is 62.6 Å². The molecule has 11 nitrogen and oxygen atoms in total. The molecule has 5 atom stereocenters. The maximum absolute atomic E-state index is 9.38. The molecule has 3 unspecified atom stereocenters. The quantitative estimate of drug-likeness (QED) is 0.425. The van der Waals surface area contributed by atoms with Gasteiger partial charge in [0.15, 0.2) is 0 Å². The fourth-order valence-corrected chi connectivity index (χ4v) is 5.80. The largest absolute Gasteiger partial charge is 0.481 e. The van der Waals surface area contributed by atoms with Crippen LogP contribution in [0.1, 0.15) is 49.7 Å². The maximum Gasteiger partial charge on any atom is 0.230 e. The first-order valence-corrected chi connectivity index (χ1v) is 12.7. The van der Waals surface area contributed by atoms with Crippen LogP contribution in [-0.2, 0) is 6.54 Å². The zero-order chi connectivity index (χ0) is 25.1. The lowest BCUT2D eigenvalue weighted by atomic mass is 9.81. The van der Waals surface area contributed by atoms with Crippen molar-refractivity contribution >= 4 is 11.8 Å². The number of hydrogen-bond acceptors (Lipinski definition) is 11. The number of aromatic nitrogens is 3. The molecule has 36 heavy (non-hydrogen) atoms. The predicted molar refractivity (Wildman–Crippen MR) is 135 cm³/mol. The summed E-state index contributed by atoms with van der Waals surface area (Å²) in [5.74, 6) is 1.84. The Bertz CT molecular complexity index is 1080. The predicted octanol–water partition coefficient (Wildman–Crippen LogP) is 1.37. The van der Waals surface area contributed by atoms with Gasteiger partial charge in [0.2, 0.25) is 11.8 Å². The number of hydrogen-bond donors (Lipinski definition) is 4. The van der Waals surface area contributed by atoms with Crippen LogP contribution in [0.3, 0.4) is 0 Å². The smallest absolute Gasteiger partial charge is 0.230 e. The zero-order valence-electron chi connectivity index (χ0n) is 20.9. The van der Waals surface area contributed by atoms with E-state index < -0.39 is 0 Å². The van der Waals surface area contributed by atoms with Crippen LogP contribution in [0.4, 0.5) is 11.8 Å². The van der Waals surface area contributed by atoms with Gasteiger partial charge in [-0.15, -0.1) is 0 Å². The number of nitrogens with one attached hydrogen (secondary N) is 3. The van der Waals surface area contributed by atoms with E-state index in [-0.39, 0.29) is 18.8 Å². The first kappa shape index (κ1) is 24.6. The second kappa shape index (κ2) is 10.9. The van der Waals surface area contributed by atoms with Gasteiger partial charge in [-0.2, -0.15) is 15.2 Å². The summed E-state index contributed by atoms with van der Waals surface area (Å²) in [5, 5.41) is 22.0. The third-order valence-corrected chi connectivity index (χ3v) is 7.68. The Morgan fingerprint density at radius 1 is 1.19 bits per heavy atom. The summed E-state index contributed by atoms with van der Waals surface area (Å²) in [5.41, 5.74) is 7.94. The van der Waals surface area contributed by atoms with Crippen LogP contribution in [0.2, 0.25) is 0 Å². The number of nitrogens with zero attached hydrogens (tertiary/aromatic N) is 6. The average Bonchev–Trinajstić information content (AvgIpc) is 3.35. The number of ether oxygens (including phenoxy) is 1. The fourth-order valence-electron chi connectivity index (χ4n) is 5.80. The van der Waals surface area contributed by atoms with E-state index in [0.29, 0.717) is 41.3 Å². The highest BCUT2D eigenvalue weighted by Gasteiger charge is 2.40. The summed E-state index contributed by atoms with van der Waals surface area (Å²) in [7, 11) is 3.69. The van der Waals surface area contributed by atoms with Gasteiger partial charge in [0.05, 0.1) is 25.4 Å². The lowest BCUT2D eigenvalue weighted by Crippen LogP contribution is -2.56. The normalized spacial score (nSPS) is 27.9. The monoisotopic (exact) mass is 493 g/mol. The molecule has 0 spiro atoms. The van der Waals surface area contributed by atoms with E-state index in [1.165, 1.54) is 19.3 Å². The topological polar surface area (TPSA) is 134 Å². The zero-order valence-corrected chi connectivity index (χ0v) is 20.9. The van der Waals surface area contributed by atoms with Crippen molar-refractivity contribution in [3.8, 4) is 11.9 Å². The number of aliphatic hydroxyl groups is 1. The van der Waals surface area contributed by atoms with E-state index in [0.717, 1.165) is 31.4 Å². The number of fused-ring (bicyclic) bond motifs is 2. The molecule has 192 valence electrons. The van der Waals surface area contributed by atoms with Gasteiger partial charge < -0.3 is 20.1 Å². The van der Waals surface area contributed by atoms with Crippen molar-refractivity contribution in [2.24, 2.45) is 0 Å². The highest BCUT2D eigenvalue weighted by molar-refractivity contribution is 5.47. The van der Waals surface area contributed by atoms with E-state index >= 15 is 0 Å². The van der Waals surface area contributed by atoms with E-state index in [4.69, 9.17) is 9.72 Å². The summed E-state index contributed by atoms with van der Waals surface area (Å²) < 4.78 is 5.49. The molecule has 0 radical (unpaired) electrons. The van der Waals surface area contributed by atoms with Crippen LogP contribution in [0.15, 0.2) is 24.5 Å². The number of rotatable bonds is 8. The first-order valence-electron chi connectivity index (χ1n) is 12.7. The molecular weight excluding hydrogens is 458 g/mol. The minimum Gasteiger partial charge on any atom is -0.481 e. The number of hydrazine groups is 1. The molecule has 5 heterocycles. The van der Waals surface area contributed by atoms with Gasteiger partial charge in [0.25, 0.3) is 0 Å². The van der Waals surface area contributed by atoms with Crippen molar-refractivity contribution in [1.29, 1.82) is 5.26 Å². The van der Waals surface area contributed by atoms with Gasteiger partial charge in [-0.25, -0.2) is 5.43 Å². The molecule has 3 aliphatic rings. The molecule has 3 fully saturated rings. The van der Waals surface area contributed by atoms with Gasteiger partial charge in [-0.3, -0.25) is 15.3 Å². The number of anilines is 2. The van der Waals surface area contributed by atoms with Crippen molar-refractivity contribution in [2.45, 2.75) is 75.4 Å². The van der Waals surface area contributed by atoms with Crippen molar-refractivity contribution in [1.82, 2.24) is 30.7 Å². The second-order valence-electron chi connectivity index (χ2n) is 10.0. The molecule has 2 aromatic heterocycles. The Labute approximate surface area is 211 Å². The van der Waals surface area contributed by atoms with Crippen molar-refractivity contribution in [3.05, 3.63) is 35.7 Å². The van der Waals surface area contributed by atoms with Crippen LogP contribution in [0.5, 0.6) is 5.88 Å². The fraction of sp³-hybridized carbons (Fsp3) is 0.600. The molecule has 3 saturated heterocycles. The van der Waals surface area contributed by atoms with E-state index in [9.17, 15) is 10.4 Å². The summed E-state index contributed by atoms with van der Waals surface area (Å²) in [6.07, 6.45) is 9.85. The third-order valence-electron chi connectivity index (χ3n) is 7.68. The molecule has 4 N–H and O–H groups in total. The molecule has 2 bridgehead atoms. The van der Waals surface area contributed by atoms with Crippen molar-refractivity contribution in [3.63, 3.8) is 0 Å². The lowest BCUT2D eigenvalue weighted by molar-refractivity contribution is 0.0234. The lowest BCUT2D eigenvalue weighted by Gasteiger charge is -2.50. The van der Waals surface area contributed by atoms with E-state index in [1.807, 2.05) is 12.3 Å². The minimum absolute atomic E-state index is 0.0103. The average molecular weight is 494 g/mol. The summed E-state index contributed by atoms with van der Waals surface area (Å²) in [4.78, 5) is 18.5. The van der Waals surface area contributed by atoms with Crippen LogP contribution < -0.4 is 25.8 Å². The summed E-state index contributed by atoms with van der Waals surface area (Å²) >= 11 is 0. The molecule has 0 saturated carbocycles. The summed E-state index contributed by atoms with van der Waals surface area (Å²) in [6, 6.07) is 7.24. The van der Waals surface area contributed by atoms with Gasteiger partial charge in [0.1, 0.15) is 11.9 Å². The first-order chi connectivity index (χ1) is 17.6. The standard InChI is InChI=1S/C25H35N9O2/c1-33(25-29-22(10-24(30-25)36-2)28-23-7-18(15-35)31-32-23)21-8-19-4-3-5-20(9-21)34(19)14-17-6-16(11-26)12-27-13-17/h6,10,12-13,18-21,23,31-32,35H,3-5,7-9,14-15H2,1-2H3,(H,28,29,30)/t18?,19-,20+,21?,23?. The Morgan fingerprint density at radius 2 is 2.00 bits per heavy atom. The van der Waals surface area contributed by atoms with Gasteiger partial charge >= 0.3 is 0 Å². The van der Waals surface area contributed by atoms with Crippen LogP contribution in [0, 0.1) is 11.3 Å². The number of nitriles is 1. The van der Waals surface area contributed by atoms with E-state index in [2.05, 4.69) is 49.1 Å². The molecular formula is C25H35N9O2. The summed E-state index contributed by atoms with van der Waals surface area (Å²) in [6.45, 7) is 0.906.